The number of carboxylic acid groups (broad SMARTS) is 1. The minimum absolute atomic E-state index is 0.0673. The Kier molecular flexibility index (Phi) is 6.30. The fourth-order valence-electron chi connectivity index (χ4n) is 1.02. The van der Waals surface area contributed by atoms with E-state index < -0.39 is 30.2 Å². The van der Waals surface area contributed by atoms with E-state index in [1.807, 2.05) is 0 Å². The minimum Gasteiger partial charge on any atom is -0.480 e. The maximum atomic E-state index is 11.2. The van der Waals surface area contributed by atoms with Crippen molar-refractivity contribution in [3.8, 4) is 0 Å². The first-order valence-corrected chi connectivity index (χ1v) is 4.88. The van der Waals surface area contributed by atoms with E-state index in [0.29, 0.717) is 0 Å². The topological polar surface area (TPSA) is 139 Å². The molecule has 3 amide bonds. The highest BCUT2D eigenvalue weighted by molar-refractivity contribution is 5.88. The highest BCUT2D eigenvalue weighted by Crippen LogP contribution is 1.92. The predicted molar refractivity (Wildman–Crippen MR) is 56.7 cm³/mol. The summed E-state index contributed by atoms with van der Waals surface area (Å²) in [4.78, 5) is 43.0. The number of hydrogen-bond acceptors (Lipinski definition) is 4. The number of primary amides is 1. The zero-order valence-corrected chi connectivity index (χ0v) is 9.36. The molecule has 0 aliphatic rings. The second-order valence-electron chi connectivity index (χ2n) is 3.36. The van der Waals surface area contributed by atoms with Crippen LogP contribution in [0.1, 0.15) is 19.8 Å². The molecule has 0 saturated carbocycles. The lowest BCUT2D eigenvalue weighted by atomic mass is 10.2. The van der Waals surface area contributed by atoms with Crippen molar-refractivity contribution in [3.63, 3.8) is 0 Å². The van der Waals surface area contributed by atoms with Crippen molar-refractivity contribution >= 4 is 23.7 Å². The van der Waals surface area contributed by atoms with Crippen molar-refractivity contribution in [2.75, 3.05) is 6.54 Å². The van der Waals surface area contributed by atoms with Crippen molar-refractivity contribution in [2.45, 2.75) is 25.8 Å². The van der Waals surface area contributed by atoms with Gasteiger partial charge in [0.25, 0.3) is 0 Å². The van der Waals surface area contributed by atoms with Crippen LogP contribution in [-0.2, 0) is 19.2 Å². The summed E-state index contributed by atoms with van der Waals surface area (Å²) in [6.45, 7) is 1.40. The molecule has 0 spiro atoms. The fourth-order valence-corrected chi connectivity index (χ4v) is 1.02. The van der Waals surface area contributed by atoms with Gasteiger partial charge in [0.1, 0.15) is 6.04 Å². The van der Waals surface area contributed by atoms with Gasteiger partial charge in [-0.1, -0.05) is 0 Å². The Morgan fingerprint density at radius 1 is 1.29 bits per heavy atom. The van der Waals surface area contributed by atoms with Crippen molar-refractivity contribution in [2.24, 2.45) is 5.73 Å². The summed E-state index contributed by atoms with van der Waals surface area (Å²) in [5.74, 6) is -3.02. The molecule has 17 heavy (non-hydrogen) atoms. The zero-order valence-electron chi connectivity index (χ0n) is 9.36. The lowest BCUT2D eigenvalue weighted by molar-refractivity contribution is -0.143. The summed E-state index contributed by atoms with van der Waals surface area (Å²) < 4.78 is 0. The van der Waals surface area contributed by atoms with Gasteiger partial charge < -0.3 is 21.5 Å². The first kappa shape index (κ1) is 14.9. The number of carbonyl (C=O) groups excluding carboxylic acids is 3. The number of nitrogens with one attached hydrogen (secondary N) is 2. The molecule has 0 rings (SSSR count). The van der Waals surface area contributed by atoms with Gasteiger partial charge in [0.05, 0.1) is 6.42 Å². The second-order valence-corrected chi connectivity index (χ2v) is 3.36. The van der Waals surface area contributed by atoms with Gasteiger partial charge in [0.2, 0.25) is 17.7 Å². The molecule has 96 valence electrons. The second kappa shape index (κ2) is 7.20. The molecular weight excluding hydrogens is 230 g/mol. The van der Waals surface area contributed by atoms with Crippen LogP contribution in [0.25, 0.3) is 0 Å². The van der Waals surface area contributed by atoms with Crippen LogP contribution in [0, 0.1) is 0 Å². The summed E-state index contributed by atoms with van der Waals surface area (Å²) in [6.07, 6.45) is -0.538. The molecule has 0 aromatic rings. The summed E-state index contributed by atoms with van der Waals surface area (Å²) in [6, 6.07) is -1.34. The van der Waals surface area contributed by atoms with Gasteiger partial charge >= 0.3 is 5.97 Å². The van der Waals surface area contributed by atoms with Crippen LogP contribution < -0.4 is 16.4 Å². The maximum Gasteiger partial charge on any atom is 0.326 e. The minimum atomic E-state index is -1.34. The predicted octanol–water partition coefficient (Wildman–Crippen LogP) is -2.04. The fraction of sp³-hybridized carbons (Fsp3) is 0.556. The quantitative estimate of drug-likeness (QED) is 0.409. The van der Waals surface area contributed by atoms with Crippen molar-refractivity contribution in [3.05, 3.63) is 0 Å². The van der Waals surface area contributed by atoms with E-state index in [2.05, 4.69) is 10.6 Å². The summed E-state index contributed by atoms with van der Waals surface area (Å²) in [5, 5.41) is 13.2. The van der Waals surface area contributed by atoms with Crippen LogP contribution >= 0.6 is 0 Å². The van der Waals surface area contributed by atoms with Crippen LogP contribution in [0.3, 0.4) is 0 Å². The third-order valence-corrected chi connectivity index (χ3v) is 1.76. The van der Waals surface area contributed by atoms with Gasteiger partial charge in [-0.2, -0.15) is 0 Å². The normalized spacial score (nSPS) is 11.4. The molecule has 0 aliphatic heterocycles. The van der Waals surface area contributed by atoms with E-state index in [1.54, 1.807) is 0 Å². The van der Waals surface area contributed by atoms with Gasteiger partial charge in [-0.3, -0.25) is 14.4 Å². The van der Waals surface area contributed by atoms with Gasteiger partial charge in [0.15, 0.2) is 0 Å². The molecule has 8 heteroatoms. The molecule has 0 aromatic heterocycles. The molecule has 8 nitrogen and oxygen atoms in total. The monoisotopic (exact) mass is 245 g/mol. The maximum absolute atomic E-state index is 11.2. The molecule has 0 fully saturated rings. The van der Waals surface area contributed by atoms with Crippen LogP contribution in [0.2, 0.25) is 0 Å². The lowest BCUT2D eigenvalue weighted by Crippen LogP contribution is -2.44. The summed E-state index contributed by atoms with van der Waals surface area (Å²) >= 11 is 0. The molecule has 0 unspecified atom stereocenters. The highest BCUT2D eigenvalue weighted by atomic mass is 16.4. The molecular formula is C9H15N3O5. The van der Waals surface area contributed by atoms with E-state index >= 15 is 0 Å². The van der Waals surface area contributed by atoms with Crippen LogP contribution in [-0.4, -0.2) is 41.4 Å². The largest absolute Gasteiger partial charge is 0.480 e. The third kappa shape index (κ3) is 7.77. The van der Waals surface area contributed by atoms with E-state index in [4.69, 9.17) is 10.8 Å². The Morgan fingerprint density at radius 3 is 2.29 bits per heavy atom. The number of hydrogen-bond donors (Lipinski definition) is 4. The Labute approximate surface area is 97.5 Å². The van der Waals surface area contributed by atoms with Crippen molar-refractivity contribution < 1.29 is 24.3 Å². The van der Waals surface area contributed by atoms with E-state index in [-0.39, 0.29) is 18.9 Å². The number of aliphatic carboxylic acids is 1. The highest BCUT2D eigenvalue weighted by Gasteiger charge is 2.21. The van der Waals surface area contributed by atoms with Crippen LogP contribution in [0.4, 0.5) is 0 Å². The average molecular weight is 245 g/mol. The van der Waals surface area contributed by atoms with E-state index in [1.165, 1.54) is 6.92 Å². The zero-order chi connectivity index (χ0) is 13.4. The SMILES string of the molecule is CC(=O)NCCC(=O)N[C@H](CC(N)=O)C(=O)O. The van der Waals surface area contributed by atoms with Gasteiger partial charge in [-0.25, -0.2) is 4.79 Å². The average Bonchev–Trinajstić information content (AvgIpc) is 2.15. The van der Waals surface area contributed by atoms with Crippen molar-refractivity contribution in [1.29, 1.82) is 0 Å². The number of amides is 3. The smallest absolute Gasteiger partial charge is 0.326 e. The molecule has 0 aromatic carbocycles. The van der Waals surface area contributed by atoms with Crippen LogP contribution in [0.15, 0.2) is 0 Å². The molecule has 0 heterocycles. The first-order valence-electron chi connectivity index (χ1n) is 4.88. The number of nitrogens with two attached hydrogens (primary N) is 1. The molecule has 0 bridgehead atoms. The lowest BCUT2D eigenvalue weighted by Gasteiger charge is -2.12. The van der Waals surface area contributed by atoms with Crippen molar-refractivity contribution in [1.82, 2.24) is 10.6 Å². The van der Waals surface area contributed by atoms with Gasteiger partial charge in [-0.05, 0) is 0 Å². The van der Waals surface area contributed by atoms with Gasteiger partial charge in [0, 0.05) is 19.9 Å². The van der Waals surface area contributed by atoms with E-state index in [9.17, 15) is 19.2 Å². The van der Waals surface area contributed by atoms with Gasteiger partial charge in [-0.15, -0.1) is 0 Å². The molecule has 0 aliphatic carbocycles. The third-order valence-electron chi connectivity index (χ3n) is 1.76. The summed E-state index contributed by atoms with van der Waals surface area (Å²) in [5.41, 5.74) is 4.84. The Balaban J connectivity index is 4.08. The summed E-state index contributed by atoms with van der Waals surface area (Å²) in [7, 11) is 0. The van der Waals surface area contributed by atoms with E-state index in [0.717, 1.165) is 0 Å². The number of carboxylic acids is 1. The first-order chi connectivity index (χ1) is 7.82. The molecule has 0 saturated heterocycles. The standard InChI is InChI=1S/C9H15N3O5/c1-5(13)11-3-2-8(15)12-6(9(16)17)4-7(10)14/h6H,2-4H2,1H3,(H2,10,14)(H,11,13)(H,12,15)(H,16,17)/t6-/m1/s1. The Bertz CT molecular complexity index is 329. The Hall–Kier alpha value is -2.12. The Morgan fingerprint density at radius 2 is 1.88 bits per heavy atom. The molecule has 0 radical (unpaired) electrons. The van der Waals surface area contributed by atoms with Crippen LogP contribution in [0.5, 0.6) is 0 Å². The molecule has 5 N–H and O–H groups in total. The molecule has 1 atom stereocenters. The number of carbonyl (C=O) groups is 4. The number of rotatable bonds is 7.